The van der Waals surface area contributed by atoms with Gasteiger partial charge in [-0.25, -0.2) is 0 Å². The quantitative estimate of drug-likeness (QED) is 0.680. The fourth-order valence-corrected chi connectivity index (χ4v) is 1.47. The predicted molar refractivity (Wildman–Crippen MR) is 40.0 cm³/mol. The Kier molecular flexibility index (Phi) is 2.95. The van der Waals surface area contributed by atoms with E-state index in [-0.39, 0.29) is 6.04 Å². The van der Waals surface area contributed by atoms with Gasteiger partial charge < -0.3 is 5.32 Å². The van der Waals surface area contributed by atoms with E-state index in [1.165, 1.54) is 4.90 Å². The number of hydrogen-bond donors (Lipinski definition) is 1. The first-order chi connectivity index (χ1) is 5.51. The van der Waals surface area contributed by atoms with Gasteiger partial charge in [0.25, 0.3) is 0 Å². The molecule has 1 aliphatic rings. The molecule has 72 valence electrons. The minimum atomic E-state index is -4.05. The zero-order chi connectivity index (χ0) is 9.19. The van der Waals surface area contributed by atoms with E-state index < -0.39 is 12.7 Å². The molecule has 1 rings (SSSR count). The van der Waals surface area contributed by atoms with Crippen LogP contribution >= 0.6 is 0 Å². The summed E-state index contributed by atoms with van der Waals surface area (Å²) in [6.45, 7) is 0.284. The van der Waals surface area contributed by atoms with Crippen LogP contribution in [0.5, 0.6) is 0 Å². The summed E-state index contributed by atoms with van der Waals surface area (Å²) in [5, 5.41) is 2.97. The van der Waals surface area contributed by atoms with E-state index in [0.717, 1.165) is 6.42 Å². The van der Waals surface area contributed by atoms with E-state index in [4.69, 9.17) is 0 Å². The Balaban J connectivity index is 2.28. The molecule has 1 saturated heterocycles. The van der Waals surface area contributed by atoms with Gasteiger partial charge in [0, 0.05) is 19.1 Å². The smallest absolute Gasteiger partial charge is 0.316 e. The maximum Gasteiger partial charge on any atom is 0.401 e. The summed E-state index contributed by atoms with van der Waals surface area (Å²) in [6, 6.07) is 0.229. The number of alkyl halides is 3. The molecule has 0 aromatic heterocycles. The summed E-state index contributed by atoms with van der Waals surface area (Å²) in [7, 11) is 1.78. The van der Waals surface area contributed by atoms with Crippen molar-refractivity contribution in [1.82, 2.24) is 10.2 Å². The summed E-state index contributed by atoms with van der Waals surface area (Å²) in [5.74, 6) is 0. The third-order valence-corrected chi connectivity index (χ3v) is 2.08. The highest BCUT2D eigenvalue weighted by atomic mass is 19.4. The standard InChI is InChI=1S/C7H13F3N2/c1-11-6-2-3-12(4-6)5-7(8,9)10/h6,11H,2-5H2,1H3/t6-/m1/s1. The van der Waals surface area contributed by atoms with E-state index in [1.807, 2.05) is 0 Å². The summed E-state index contributed by atoms with van der Waals surface area (Å²) in [5.41, 5.74) is 0. The maximum absolute atomic E-state index is 11.9. The zero-order valence-electron chi connectivity index (χ0n) is 6.99. The summed E-state index contributed by atoms with van der Waals surface area (Å²) in [4.78, 5) is 1.43. The van der Waals surface area contributed by atoms with Crippen molar-refractivity contribution in [3.8, 4) is 0 Å². The van der Waals surface area contributed by atoms with Gasteiger partial charge in [-0.3, -0.25) is 4.90 Å². The van der Waals surface area contributed by atoms with Gasteiger partial charge in [0.1, 0.15) is 0 Å². The first kappa shape index (κ1) is 9.80. The molecule has 0 aromatic rings. The van der Waals surface area contributed by atoms with Gasteiger partial charge in [0.2, 0.25) is 0 Å². The van der Waals surface area contributed by atoms with Crippen molar-refractivity contribution in [3.63, 3.8) is 0 Å². The second-order valence-corrected chi connectivity index (χ2v) is 3.12. The third-order valence-electron chi connectivity index (χ3n) is 2.08. The van der Waals surface area contributed by atoms with E-state index in [9.17, 15) is 13.2 Å². The second-order valence-electron chi connectivity index (χ2n) is 3.12. The predicted octanol–water partition coefficient (Wildman–Crippen LogP) is 0.842. The van der Waals surface area contributed by atoms with Gasteiger partial charge >= 0.3 is 6.18 Å². The maximum atomic E-state index is 11.9. The third kappa shape index (κ3) is 2.98. The Morgan fingerprint density at radius 3 is 2.58 bits per heavy atom. The minimum Gasteiger partial charge on any atom is -0.316 e. The van der Waals surface area contributed by atoms with E-state index in [2.05, 4.69) is 5.32 Å². The molecule has 5 heteroatoms. The van der Waals surface area contributed by atoms with Crippen LogP contribution in [0.25, 0.3) is 0 Å². The molecule has 0 amide bonds. The van der Waals surface area contributed by atoms with Gasteiger partial charge in [-0.2, -0.15) is 13.2 Å². The van der Waals surface area contributed by atoms with Crippen molar-refractivity contribution in [2.75, 3.05) is 26.7 Å². The molecule has 1 fully saturated rings. The lowest BCUT2D eigenvalue weighted by molar-refractivity contribution is -0.143. The highest BCUT2D eigenvalue weighted by molar-refractivity contribution is 4.80. The molecule has 1 aliphatic heterocycles. The van der Waals surface area contributed by atoms with Crippen LogP contribution in [0.15, 0.2) is 0 Å². The van der Waals surface area contributed by atoms with Crippen LogP contribution in [-0.4, -0.2) is 43.8 Å². The molecule has 0 spiro atoms. The monoisotopic (exact) mass is 182 g/mol. The highest BCUT2D eigenvalue weighted by Crippen LogP contribution is 2.19. The van der Waals surface area contributed by atoms with E-state index >= 15 is 0 Å². The van der Waals surface area contributed by atoms with Gasteiger partial charge in [-0.15, -0.1) is 0 Å². The number of rotatable bonds is 2. The van der Waals surface area contributed by atoms with Crippen LogP contribution in [0, 0.1) is 0 Å². The molecule has 0 radical (unpaired) electrons. The van der Waals surface area contributed by atoms with Crippen LogP contribution < -0.4 is 5.32 Å². The van der Waals surface area contributed by atoms with Crippen LogP contribution in [0.3, 0.4) is 0 Å². The van der Waals surface area contributed by atoms with Crippen molar-refractivity contribution in [2.45, 2.75) is 18.6 Å². The Labute approximate surface area is 69.7 Å². The Morgan fingerprint density at radius 1 is 1.50 bits per heavy atom. The number of likely N-dealkylation sites (tertiary alicyclic amines) is 1. The van der Waals surface area contributed by atoms with Gasteiger partial charge in [-0.1, -0.05) is 0 Å². The normalized spacial score (nSPS) is 26.5. The van der Waals surface area contributed by atoms with Crippen molar-refractivity contribution in [2.24, 2.45) is 0 Å². The molecular weight excluding hydrogens is 169 g/mol. The summed E-state index contributed by atoms with van der Waals surface area (Å²) >= 11 is 0. The lowest BCUT2D eigenvalue weighted by Crippen LogP contribution is -2.35. The molecule has 2 nitrogen and oxygen atoms in total. The lowest BCUT2D eigenvalue weighted by Gasteiger charge is -2.17. The first-order valence-electron chi connectivity index (χ1n) is 3.97. The lowest BCUT2D eigenvalue weighted by atomic mass is 10.3. The van der Waals surface area contributed by atoms with Crippen LogP contribution in [0.4, 0.5) is 13.2 Å². The molecule has 1 N–H and O–H groups in total. The highest BCUT2D eigenvalue weighted by Gasteiger charge is 2.33. The fourth-order valence-electron chi connectivity index (χ4n) is 1.47. The average molecular weight is 182 g/mol. The molecular formula is C7H13F3N2. The molecule has 0 aliphatic carbocycles. The van der Waals surface area contributed by atoms with Crippen molar-refractivity contribution >= 4 is 0 Å². The van der Waals surface area contributed by atoms with Gasteiger partial charge in [-0.05, 0) is 13.5 Å². The number of likely N-dealkylation sites (N-methyl/N-ethyl adjacent to an activating group) is 1. The van der Waals surface area contributed by atoms with E-state index in [1.54, 1.807) is 7.05 Å². The summed E-state index contributed by atoms with van der Waals surface area (Å²) < 4.78 is 35.6. The Bertz CT molecular complexity index is 146. The van der Waals surface area contributed by atoms with E-state index in [0.29, 0.717) is 13.1 Å². The average Bonchev–Trinajstić information content (AvgIpc) is 2.32. The number of nitrogens with zero attached hydrogens (tertiary/aromatic N) is 1. The second kappa shape index (κ2) is 3.62. The van der Waals surface area contributed by atoms with Crippen LogP contribution in [0.2, 0.25) is 0 Å². The van der Waals surface area contributed by atoms with Crippen molar-refractivity contribution in [3.05, 3.63) is 0 Å². The van der Waals surface area contributed by atoms with Crippen molar-refractivity contribution in [1.29, 1.82) is 0 Å². The Hall–Kier alpha value is -0.290. The number of nitrogens with one attached hydrogen (secondary N) is 1. The molecule has 1 atom stereocenters. The largest absolute Gasteiger partial charge is 0.401 e. The van der Waals surface area contributed by atoms with Crippen LogP contribution in [0.1, 0.15) is 6.42 Å². The Morgan fingerprint density at radius 2 is 2.17 bits per heavy atom. The molecule has 1 heterocycles. The molecule has 0 saturated carbocycles. The topological polar surface area (TPSA) is 15.3 Å². The molecule has 12 heavy (non-hydrogen) atoms. The zero-order valence-corrected chi connectivity index (χ0v) is 6.99. The van der Waals surface area contributed by atoms with Gasteiger partial charge in [0.15, 0.2) is 0 Å². The first-order valence-corrected chi connectivity index (χ1v) is 3.97. The summed E-state index contributed by atoms with van der Waals surface area (Å²) in [6.07, 6.45) is -3.24. The van der Waals surface area contributed by atoms with Crippen molar-refractivity contribution < 1.29 is 13.2 Å². The van der Waals surface area contributed by atoms with Gasteiger partial charge in [0.05, 0.1) is 6.54 Å². The SMILES string of the molecule is CN[C@@H]1CCN(CC(F)(F)F)C1. The minimum absolute atomic E-state index is 0.229. The molecule has 0 aromatic carbocycles. The number of hydrogen-bond acceptors (Lipinski definition) is 2. The molecule has 0 bridgehead atoms. The number of halogens is 3. The fraction of sp³-hybridized carbons (Fsp3) is 1.00. The molecule has 0 unspecified atom stereocenters. The van der Waals surface area contributed by atoms with Crippen LogP contribution in [-0.2, 0) is 0 Å².